The van der Waals surface area contributed by atoms with Gasteiger partial charge in [-0.05, 0) is 17.7 Å². The van der Waals surface area contributed by atoms with Crippen molar-refractivity contribution in [3.8, 4) is 0 Å². The molecule has 1 aromatic heterocycles. The molecule has 0 saturated carbocycles. The highest BCUT2D eigenvalue weighted by molar-refractivity contribution is 7.89. The second kappa shape index (κ2) is 7.41. The molecule has 1 unspecified atom stereocenters. The molecule has 2 N–H and O–H groups in total. The molecule has 2 aromatic rings. The number of carbonyl (C=O) groups is 1. The summed E-state index contributed by atoms with van der Waals surface area (Å²) in [6.07, 6.45) is 0.896. The fourth-order valence-corrected chi connectivity index (χ4v) is 3.31. The van der Waals surface area contributed by atoms with E-state index in [4.69, 9.17) is 5.11 Å². The standard InChI is InChI=1S/C16H19N3O4S/c1-19(2)15-9-8-13(11-17-15)24(22,23)18-14(10-16(20)21)12-6-4-3-5-7-12/h3-9,11,14,18H,10H2,1-2H3,(H,20,21). The number of nitrogens with zero attached hydrogens (tertiary/aromatic N) is 2. The molecule has 2 rings (SSSR count). The summed E-state index contributed by atoms with van der Waals surface area (Å²) in [7, 11) is -0.293. The predicted molar refractivity (Wildman–Crippen MR) is 90.3 cm³/mol. The quantitative estimate of drug-likeness (QED) is 0.788. The molecule has 8 heteroatoms. The predicted octanol–water partition coefficient (Wildman–Crippen LogP) is 1.64. The van der Waals surface area contributed by atoms with Crippen LogP contribution in [0.3, 0.4) is 0 Å². The first-order chi connectivity index (χ1) is 11.3. The molecule has 1 aromatic carbocycles. The van der Waals surface area contributed by atoms with Crippen molar-refractivity contribution in [2.45, 2.75) is 17.4 Å². The lowest BCUT2D eigenvalue weighted by molar-refractivity contribution is -0.137. The van der Waals surface area contributed by atoms with E-state index in [0.29, 0.717) is 11.4 Å². The van der Waals surface area contributed by atoms with E-state index < -0.39 is 22.0 Å². The van der Waals surface area contributed by atoms with Crippen LogP contribution in [0.5, 0.6) is 0 Å². The Hall–Kier alpha value is -2.45. The van der Waals surface area contributed by atoms with Gasteiger partial charge in [-0.1, -0.05) is 30.3 Å². The van der Waals surface area contributed by atoms with Gasteiger partial charge in [0.2, 0.25) is 10.0 Å². The van der Waals surface area contributed by atoms with Gasteiger partial charge in [0.1, 0.15) is 10.7 Å². The summed E-state index contributed by atoms with van der Waals surface area (Å²) < 4.78 is 27.5. The molecule has 0 aliphatic rings. The van der Waals surface area contributed by atoms with Crippen LogP contribution in [0.1, 0.15) is 18.0 Å². The monoisotopic (exact) mass is 349 g/mol. The van der Waals surface area contributed by atoms with Crippen molar-refractivity contribution >= 4 is 21.8 Å². The fourth-order valence-electron chi connectivity index (χ4n) is 2.14. The number of anilines is 1. The number of rotatable bonds is 7. The van der Waals surface area contributed by atoms with Crippen LogP contribution in [0.2, 0.25) is 0 Å². The van der Waals surface area contributed by atoms with Gasteiger partial charge in [-0.25, -0.2) is 18.1 Å². The molecule has 0 fully saturated rings. The molecule has 0 radical (unpaired) electrons. The Balaban J connectivity index is 2.28. The van der Waals surface area contributed by atoms with E-state index >= 15 is 0 Å². The van der Waals surface area contributed by atoms with Crippen LogP contribution in [-0.2, 0) is 14.8 Å². The van der Waals surface area contributed by atoms with Crippen LogP contribution >= 0.6 is 0 Å². The third-order valence-electron chi connectivity index (χ3n) is 3.37. The Bertz CT molecular complexity index is 790. The Morgan fingerprint density at radius 3 is 2.38 bits per heavy atom. The summed E-state index contributed by atoms with van der Waals surface area (Å²) >= 11 is 0. The minimum atomic E-state index is -3.89. The molecule has 24 heavy (non-hydrogen) atoms. The summed E-state index contributed by atoms with van der Waals surface area (Å²) in [5, 5.41) is 9.06. The normalized spacial score (nSPS) is 12.6. The largest absolute Gasteiger partial charge is 0.481 e. The number of carboxylic acids is 1. The zero-order valence-corrected chi connectivity index (χ0v) is 14.2. The van der Waals surface area contributed by atoms with Crippen molar-refractivity contribution in [1.29, 1.82) is 0 Å². The third-order valence-corrected chi connectivity index (χ3v) is 4.82. The number of benzene rings is 1. The second-order valence-corrected chi connectivity index (χ2v) is 7.14. The number of pyridine rings is 1. The SMILES string of the molecule is CN(C)c1ccc(S(=O)(=O)NC(CC(=O)O)c2ccccc2)cn1. The highest BCUT2D eigenvalue weighted by atomic mass is 32.2. The summed E-state index contributed by atoms with van der Waals surface area (Å²) in [5.41, 5.74) is 0.585. The van der Waals surface area contributed by atoms with Crippen molar-refractivity contribution in [1.82, 2.24) is 9.71 Å². The lowest BCUT2D eigenvalue weighted by atomic mass is 10.1. The van der Waals surface area contributed by atoms with E-state index in [1.54, 1.807) is 55.4 Å². The molecule has 1 heterocycles. The number of carboxylic acid groups (broad SMARTS) is 1. The van der Waals surface area contributed by atoms with Crippen LogP contribution in [0, 0.1) is 0 Å². The summed E-state index contributed by atoms with van der Waals surface area (Å²) in [5.74, 6) is -0.466. The molecule has 0 aliphatic heterocycles. The maximum Gasteiger partial charge on any atom is 0.305 e. The zero-order valence-electron chi connectivity index (χ0n) is 13.4. The van der Waals surface area contributed by atoms with Gasteiger partial charge in [0.05, 0.1) is 12.5 Å². The summed E-state index contributed by atoms with van der Waals surface area (Å²) in [6, 6.07) is 10.8. The Morgan fingerprint density at radius 1 is 1.21 bits per heavy atom. The smallest absolute Gasteiger partial charge is 0.305 e. The van der Waals surface area contributed by atoms with E-state index in [9.17, 15) is 13.2 Å². The van der Waals surface area contributed by atoms with E-state index in [2.05, 4.69) is 9.71 Å². The Kier molecular flexibility index (Phi) is 5.53. The van der Waals surface area contributed by atoms with Gasteiger partial charge in [0.25, 0.3) is 0 Å². The number of hydrogen-bond acceptors (Lipinski definition) is 5. The van der Waals surface area contributed by atoms with E-state index in [0.717, 1.165) is 0 Å². The molecule has 0 spiro atoms. The van der Waals surface area contributed by atoms with E-state index in [1.165, 1.54) is 12.3 Å². The molecular weight excluding hydrogens is 330 g/mol. The molecular formula is C16H19N3O4S. The second-order valence-electron chi connectivity index (χ2n) is 5.43. The topological polar surface area (TPSA) is 99.6 Å². The van der Waals surface area contributed by atoms with E-state index in [1.807, 2.05) is 0 Å². The van der Waals surface area contributed by atoms with Crippen LogP contribution in [0.15, 0.2) is 53.6 Å². The zero-order chi connectivity index (χ0) is 17.7. The van der Waals surface area contributed by atoms with Crippen molar-refractivity contribution in [3.63, 3.8) is 0 Å². The first-order valence-electron chi connectivity index (χ1n) is 7.22. The van der Waals surface area contributed by atoms with Crippen LogP contribution in [-0.4, -0.2) is 38.6 Å². The molecule has 1 atom stereocenters. The van der Waals surface area contributed by atoms with Gasteiger partial charge in [-0.2, -0.15) is 0 Å². The van der Waals surface area contributed by atoms with Gasteiger partial charge >= 0.3 is 5.97 Å². The molecule has 128 valence electrons. The first-order valence-corrected chi connectivity index (χ1v) is 8.70. The Morgan fingerprint density at radius 2 is 1.88 bits per heavy atom. The Labute approximate surface area is 141 Å². The molecule has 0 bridgehead atoms. The van der Waals surface area contributed by atoms with Gasteiger partial charge in [0.15, 0.2) is 0 Å². The van der Waals surface area contributed by atoms with Crippen molar-refractivity contribution in [2.24, 2.45) is 0 Å². The number of aromatic nitrogens is 1. The van der Waals surface area contributed by atoms with E-state index in [-0.39, 0.29) is 11.3 Å². The third kappa shape index (κ3) is 4.53. The van der Waals surface area contributed by atoms with Crippen molar-refractivity contribution in [2.75, 3.05) is 19.0 Å². The lowest BCUT2D eigenvalue weighted by Crippen LogP contribution is -2.30. The number of hydrogen-bond donors (Lipinski definition) is 2. The number of nitrogens with one attached hydrogen (secondary N) is 1. The fraction of sp³-hybridized carbons (Fsp3) is 0.250. The molecule has 7 nitrogen and oxygen atoms in total. The summed E-state index contributed by atoms with van der Waals surface area (Å²) in [6.45, 7) is 0. The van der Waals surface area contributed by atoms with Crippen LogP contribution in [0.25, 0.3) is 0 Å². The average molecular weight is 349 g/mol. The maximum atomic E-state index is 12.5. The highest BCUT2D eigenvalue weighted by Crippen LogP contribution is 2.21. The summed E-state index contributed by atoms with van der Waals surface area (Å²) in [4.78, 5) is 16.9. The highest BCUT2D eigenvalue weighted by Gasteiger charge is 2.23. The minimum Gasteiger partial charge on any atom is -0.481 e. The van der Waals surface area contributed by atoms with Gasteiger partial charge in [0, 0.05) is 20.3 Å². The van der Waals surface area contributed by atoms with Crippen LogP contribution < -0.4 is 9.62 Å². The molecule has 0 aliphatic carbocycles. The number of aliphatic carboxylic acids is 1. The van der Waals surface area contributed by atoms with Crippen molar-refractivity contribution in [3.05, 3.63) is 54.2 Å². The van der Waals surface area contributed by atoms with Gasteiger partial charge in [-0.3, -0.25) is 4.79 Å². The van der Waals surface area contributed by atoms with Crippen molar-refractivity contribution < 1.29 is 18.3 Å². The minimum absolute atomic E-state index is 0.0144. The maximum absolute atomic E-state index is 12.5. The average Bonchev–Trinajstić information content (AvgIpc) is 2.54. The van der Waals surface area contributed by atoms with Crippen LogP contribution in [0.4, 0.5) is 5.82 Å². The first kappa shape index (κ1) is 17.9. The van der Waals surface area contributed by atoms with Gasteiger partial charge in [-0.15, -0.1) is 0 Å². The number of sulfonamides is 1. The molecule has 0 amide bonds. The van der Waals surface area contributed by atoms with Gasteiger partial charge < -0.3 is 10.0 Å². The molecule has 0 saturated heterocycles. The lowest BCUT2D eigenvalue weighted by Gasteiger charge is -2.18.